The molecule has 1 aromatic carbocycles. The van der Waals surface area contributed by atoms with Gasteiger partial charge in [0.25, 0.3) is 5.91 Å². The van der Waals surface area contributed by atoms with Crippen molar-refractivity contribution in [2.75, 3.05) is 6.61 Å². The standard InChI is InChI=1S/C17H21N3O2/c1-12-6-8-13(9-7-12)22-11-17(21)18-10-16-19-14-4-2-3-5-15(14)20-16/h6-9H,2-5,10-11H2,1H3,(H,18,21)(H,19,20). The molecule has 0 saturated heterocycles. The second kappa shape index (κ2) is 6.64. The Kier molecular flexibility index (Phi) is 4.42. The van der Waals surface area contributed by atoms with E-state index in [-0.39, 0.29) is 12.5 Å². The average molecular weight is 299 g/mol. The van der Waals surface area contributed by atoms with Gasteiger partial charge in [-0.1, -0.05) is 17.7 Å². The van der Waals surface area contributed by atoms with E-state index in [2.05, 4.69) is 15.3 Å². The van der Waals surface area contributed by atoms with E-state index in [1.165, 1.54) is 24.1 Å². The van der Waals surface area contributed by atoms with Crippen molar-refractivity contribution >= 4 is 5.91 Å². The fourth-order valence-corrected chi connectivity index (χ4v) is 2.61. The van der Waals surface area contributed by atoms with Crippen molar-refractivity contribution in [2.45, 2.75) is 39.2 Å². The third kappa shape index (κ3) is 3.67. The van der Waals surface area contributed by atoms with Gasteiger partial charge >= 0.3 is 0 Å². The van der Waals surface area contributed by atoms with Gasteiger partial charge in [0.2, 0.25) is 0 Å². The van der Waals surface area contributed by atoms with Crippen LogP contribution in [-0.2, 0) is 24.2 Å². The van der Waals surface area contributed by atoms with E-state index in [0.717, 1.165) is 24.4 Å². The van der Waals surface area contributed by atoms with Gasteiger partial charge in [0.15, 0.2) is 6.61 Å². The molecule has 1 aliphatic rings. The number of rotatable bonds is 5. The number of nitrogens with zero attached hydrogens (tertiary/aromatic N) is 1. The summed E-state index contributed by atoms with van der Waals surface area (Å²) in [6.07, 6.45) is 4.52. The van der Waals surface area contributed by atoms with Crippen LogP contribution >= 0.6 is 0 Å². The zero-order valence-electron chi connectivity index (χ0n) is 12.8. The molecule has 2 N–H and O–H groups in total. The molecule has 0 radical (unpaired) electrons. The molecule has 0 spiro atoms. The predicted octanol–water partition coefficient (Wildman–Crippen LogP) is 2.29. The zero-order chi connectivity index (χ0) is 15.4. The van der Waals surface area contributed by atoms with E-state index in [1.54, 1.807) is 0 Å². The van der Waals surface area contributed by atoms with Gasteiger partial charge in [-0.2, -0.15) is 0 Å². The number of carbonyl (C=O) groups is 1. The normalized spacial score (nSPS) is 13.5. The second-order valence-corrected chi connectivity index (χ2v) is 5.69. The molecule has 5 nitrogen and oxygen atoms in total. The van der Waals surface area contributed by atoms with Crippen LogP contribution in [0.1, 0.15) is 35.6 Å². The summed E-state index contributed by atoms with van der Waals surface area (Å²) in [7, 11) is 0. The minimum atomic E-state index is -0.144. The van der Waals surface area contributed by atoms with Crippen molar-refractivity contribution in [3.8, 4) is 5.75 Å². The number of aromatic nitrogens is 2. The average Bonchev–Trinajstić information content (AvgIpc) is 2.95. The van der Waals surface area contributed by atoms with Gasteiger partial charge in [0, 0.05) is 5.69 Å². The van der Waals surface area contributed by atoms with Gasteiger partial charge in [-0.05, 0) is 44.7 Å². The van der Waals surface area contributed by atoms with Crippen LogP contribution in [0.3, 0.4) is 0 Å². The van der Waals surface area contributed by atoms with Crippen LogP contribution in [0.2, 0.25) is 0 Å². The van der Waals surface area contributed by atoms with Gasteiger partial charge in [-0.25, -0.2) is 4.98 Å². The number of carbonyl (C=O) groups excluding carboxylic acids is 1. The summed E-state index contributed by atoms with van der Waals surface area (Å²) >= 11 is 0. The zero-order valence-corrected chi connectivity index (χ0v) is 12.8. The Hall–Kier alpha value is -2.30. The number of imidazole rings is 1. The summed E-state index contributed by atoms with van der Waals surface area (Å²) in [6, 6.07) is 7.65. The molecule has 0 saturated carbocycles. The maximum atomic E-state index is 11.8. The minimum absolute atomic E-state index is 0.0173. The Morgan fingerprint density at radius 1 is 1.27 bits per heavy atom. The van der Waals surface area contributed by atoms with E-state index < -0.39 is 0 Å². The van der Waals surface area contributed by atoms with Crippen molar-refractivity contribution in [3.05, 3.63) is 47.0 Å². The molecule has 0 unspecified atom stereocenters. The highest BCUT2D eigenvalue weighted by atomic mass is 16.5. The molecule has 116 valence electrons. The van der Waals surface area contributed by atoms with E-state index in [4.69, 9.17) is 4.74 Å². The number of fused-ring (bicyclic) bond motifs is 1. The number of amides is 1. The highest BCUT2D eigenvalue weighted by molar-refractivity contribution is 5.77. The number of hydrogen-bond donors (Lipinski definition) is 2. The number of benzene rings is 1. The SMILES string of the molecule is Cc1ccc(OCC(=O)NCc2nc3c([nH]2)CCCC3)cc1. The molecular formula is C17H21N3O2. The molecule has 3 rings (SSSR count). The molecular weight excluding hydrogens is 278 g/mol. The summed E-state index contributed by atoms with van der Waals surface area (Å²) in [5, 5.41) is 2.83. The van der Waals surface area contributed by atoms with Crippen molar-refractivity contribution in [2.24, 2.45) is 0 Å². The lowest BCUT2D eigenvalue weighted by molar-refractivity contribution is -0.123. The first-order valence-electron chi connectivity index (χ1n) is 7.73. The number of nitrogens with one attached hydrogen (secondary N) is 2. The summed E-state index contributed by atoms with van der Waals surface area (Å²) < 4.78 is 5.45. The van der Waals surface area contributed by atoms with Gasteiger partial charge in [-0.3, -0.25) is 4.79 Å². The predicted molar refractivity (Wildman–Crippen MR) is 83.8 cm³/mol. The smallest absolute Gasteiger partial charge is 0.258 e. The number of ether oxygens (including phenoxy) is 1. The molecule has 0 fully saturated rings. The number of aromatic amines is 1. The molecule has 2 aromatic rings. The van der Waals surface area contributed by atoms with Crippen molar-refractivity contribution in [1.82, 2.24) is 15.3 Å². The van der Waals surface area contributed by atoms with Crippen LogP contribution < -0.4 is 10.1 Å². The Morgan fingerprint density at radius 2 is 2.05 bits per heavy atom. The lowest BCUT2D eigenvalue weighted by Gasteiger charge is -2.07. The highest BCUT2D eigenvalue weighted by Crippen LogP contribution is 2.18. The number of H-pyrrole nitrogens is 1. The highest BCUT2D eigenvalue weighted by Gasteiger charge is 2.14. The summed E-state index contributed by atoms with van der Waals surface area (Å²) in [6.45, 7) is 2.45. The Balaban J connectivity index is 1.46. The molecule has 0 aliphatic heterocycles. The van der Waals surface area contributed by atoms with Crippen LogP contribution in [-0.4, -0.2) is 22.5 Å². The number of hydrogen-bond acceptors (Lipinski definition) is 3. The van der Waals surface area contributed by atoms with Crippen molar-refractivity contribution < 1.29 is 9.53 Å². The monoisotopic (exact) mass is 299 g/mol. The molecule has 5 heteroatoms. The quantitative estimate of drug-likeness (QED) is 0.890. The Bertz CT molecular complexity index is 623. The van der Waals surface area contributed by atoms with Crippen LogP contribution in [0, 0.1) is 6.92 Å². The Morgan fingerprint density at radius 3 is 2.82 bits per heavy atom. The molecule has 1 amide bonds. The van der Waals surface area contributed by atoms with Crippen molar-refractivity contribution in [3.63, 3.8) is 0 Å². The summed E-state index contributed by atoms with van der Waals surface area (Å²) in [5.41, 5.74) is 3.55. The molecule has 1 aromatic heterocycles. The van der Waals surface area contributed by atoms with Crippen molar-refractivity contribution in [1.29, 1.82) is 0 Å². The van der Waals surface area contributed by atoms with E-state index in [1.807, 2.05) is 31.2 Å². The number of aryl methyl sites for hydroxylation is 3. The third-order valence-corrected chi connectivity index (χ3v) is 3.85. The van der Waals surface area contributed by atoms with E-state index >= 15 is 0 Å². The topological polar surface area (TPSA) is 67.0 Å². The van der Waals surface area contributed by atoms with Gasteiger partial charge in [-0.15, -0.1) is 0 Å². The van der Waals surface area contributed by atoms with Crippen LogP contribution in [0.4, 0.5) is 0 Å². The maximum absolute atomic E-state index is 11.8. The first kappa shape index (κ1) is 14.6. The molecule has 22 heavy (non-hydrogen) atoms. The molecule has 0 atom stereocenters. The van der Waals surface area contributed by atoms with Gasteiger partial charge in [0.1, 0.15) is 11.6 Å². The van der Waals surface area contributed by atoms with Crippen LogP contribution in [0.5, 0.6) is 5.75 Å². The van der Waals surface area contributed by atoms with E-state index in [0.29, 0.717) is 12.3 Å². The lowest BCUT2D eigenvalue weighted by atomic mass is 10.0. The van der Waals surface area contributed by atoms with E-state index in [9.17, 15) is 4.79 Å². The second-order valence-electron chi connectivity index (χ2n) is 5.69. The minimum Gasteiger partial charge on any atom is -0.484 e. The molecule has 0 bridgehead atoms. The lowest BCUT2D eigenvalue weighted by Crippen LogP contribution is -2.28. The van der Waals surface area contributed by atoms with Crippen LogP contribution in [0.15, 0.2) is 24.3 Å². The molecule has 1 aliphatic carbocycles. The maximum Gasteiger partial charge on any atom is 0.258 e. The van der Waals surface area contributed by atoms with Gasteiger partial charge < -0.3 is 15.0 Å². The van der Waals surface area contributed by atoms with Crippen LogP contribution in [0.25, 0.3) is 0 Å². The van der Waals surface area contributed by atoms with Gasteiger partial charge in [0.05, 0.1) is 12.2 Å². The summed E-state index contributed by atoms with van der Waals surface area (Å²) in [5.74, 6) is 1.39. The fraction of sp³-hybridized carbons (Fsp3) is 0.412. The fourth-order valence-electron chi connectivity index (χ4n) is 2.61. The Labute approximate surface area is 130 Å². The first-order chi connectivity index (χ1) is 10.7. The first-order valence-corrected chi connectivity index (χ1v) is 7.73. The summed E-state index contributed by atoms with van der Waals surface area (Å²) in [4.78, 5) is 19.7. The largest absolute Gasteiger partial charge is 0.484 e. The third-order valence-electron chi connectivity index (χ3n) is 3.85. The molecule has 1 heterocycles.